The molecule has 5 bridgehead atoms. The number of fused-ring (bicyclic) bond motifs is 2. The van der Waals surface area contributed by atoms with Gasteiger partial charge in [-0.15, -0.1) is 0 Å². The Labute approximate surface area is 149 Å². The third kappa shape index (κ3) is 1.39. The van der Waals surface area contributed by atoms with Crippen LogP contribution in [0.4, 0.5) is 5.69 Å². The van der Waals surface area contributed by atoms with Crippen molar-refractivity contribution in [1.29, 1.82) is 0 Å². The molecular weight excluding hydrogens is 312 g/mol. The van der Waals surface area contributed by atoms with Gasteiger partial charge in [0.05, 0.1) is 19.3 Å². The minimum atomic E-state index is -0.256. The van der Waals surface area contributed by atoms with Crippen LogP contribution in [-0.2, 0) is 5.41 Å². The molecule has 4 heteroatoms. The van der Waals surface area contributed by atoms with E-state index in [1.807, 2.05) is 0 Å². The Morgan fingerprint density at radius 3 is 2.92 bits per heavy atom. The number of aliphatic hydroxyl groups is 1. The number of benzene rings is 1. The standard InChI is InChI=1S/C21H26N2O2/c1-4-11-10-23-16-8-13(11)18-17(23)9-21(20(18)24)14-7-12(25-3)5-6-15(14)22(2)19(16)21/h4-7,13,16-20,24H,8-10H2,1-3H3/b11-4-/t13-,16-,17-,18?,19-,20?,21+/m0/s1. The van der Waals surface area contributed by atoms with E-state index in [-0.39, 0.29) is 11.5 Å². The molecule has 1 N–H and O–H groups in total. The number of nitrogens with zero attached hydrogens (tertiary/aromatic N) is 2. The number of anilines is 1. The predicted molar refractivity (Wildman–Crippen MR) is 97.1 cm³/mol. The highest BCUT2D eigenvalue weighted by molar-refractivity contribution is 5.69. The fourth-order valence-electron chi connectivity index (χ4n) is 7.50. The molecule has 4 nitrogen and oxygen atoms in total. The van der Waals surface area contributed by atoms with Crippen LogP contribution >= 0.6 is 0 Å². The number of piperidine rings is 4. The van der Waals surface area contributed by atoms with E-state index in [0.717, 1.165) is 18.7 Å². The zero-order valence-electron chi connectivity index (χ0n) is 15.1. The average molecular weight is 338 g/mol. The van der Waals surface area contributed by atoms with E-state index in [2.05, 4.69) is 48.0 Å². The lowest BCUT2D eigenvalue weighted by Gasteiger charge is -2.58. The number of allylic oxidation sites excluding steroid dienone is 1. The normalized spacial score (nSPS) is 49.7. The molecule has 5 fully saturated rings. The molecule has 0 aromatic heterocycles. The fraction of sp³-hybridized carbons (Fsp3) is 0.619. The summed E-state index contributed by atoms with van der Waals surface area (Å²) in [6.07, 6.45) is 4.36. The molecule has 1 aromatic rings. The highest BCUT2D eigenvalue weighted by Crippen LogP contribution is 2.68. The first-order chi connectivity index (χ1) is 12.1. The number of hydrogen-bond acceptors (Lipinski definition) is 4. The van der Waals surface area contributed by atoms with Crippen molar-refractivity contribution in [2.75, 3.05) is 25.6 Å². The van der Waals surface area contributed by atoms with Gasteiger partial charge in [-0.05, 0) is 49.4 Å². The minimum absolute atomic E-state index is 0.118. The van der Waals surface area contributed by atoms with E-state index in [1.54, 1.807) is 12.7 Å². The summed E-state index contributed by atoms with van der Waals surface area (Å²) in [5.41, 5.74) is 4.06. The fourth-order valence-corrected chi connectivity index (χ4v) is 7.50. The van der Waals surface area contributed by atoms with Gasteiger partial charge in [-0.3, -0.25) is 4.90 Å². The first kappa shape index (κ1) is 14.6. The largest absolute Gasteiger partial charge is 0.497 e. The van der Waals surface area contributed by atoms with Crippen molar-refractivity contribution in [1.82, 2.24) is 4.90 Å². The number of methoxy groups -OCH3 is 1. The van der Waals surface area contributed by atoms with E-state index in [1.165, 1.54) is 17.7 Å². The third-order valence-electron chi connectivity index (χ3n) is 8.30. The second-order valence-corrected chi connectivity index (χ2v) is 8.72. The van der Waals surface area contributed by atoms with Crippen LogP contribution in [0.15, 0.2) is 29.8 Å². The van der Waals surface area contributed by atoms with Crippen LogP contribution in [0.2, 0.25) is 0 Å². The van der Waals surface area contributed by atoms with Gasteiger partial charge in [0.2, 0.25) is 0 Å². The van der Waals surface area contributed by atoms with Gasteiger partial charge in [-0.2, -0.15) is 0 Å². The quantitative estimate of drug-likeness (QED) is 0.796. The molecular formula is C21H26N2O2. The first-order valence-electron chi connectivity index (χ1n) is 9.62. The Kier molecular flexibility index (Phi) is 2.58. The minimum Gasteiger partial charge on any atom is -0.497 e. The molecule has 3 unspecified atom stereocenters. The maximum atomic E-state index is 11.7. The number of rotatable bonds is 1. The zero-order valence-corrected chi connectivity index (χ0v) is 15.1. The van der Waals surface area contributed by atoms with Gasteiger partial charge in [0.15, 0.2) is 0 Å². The molecule has 0 radical (unpaired) electrons. The topological polar surface area (TPSA) is 35.9 Å². The van der Waals surface area contributed by atoms with Gasteiger partial charge >= 0.3 is 0 Å². The molecule has 1 saturated carbocycles. The lowest BCUT2D eigenvalue weighted by atomic mass is 9.65. The Balaban J connectivity index is 1.59. The van der Waals surface area contributed by atoms with Crippen molar-refractivity contribution in [3.8, 4) is 5.75 Å². The van der Waals surface area contributed by atoms with Crippen molar-refractivity contribution in [3.05, 3.63) is 35.4 Å². The number of hydrogen-bond donors (Lipinski definition) is 1. The SMILES string of the molecule is C/C=C1/CN2[C@H]3C[C@@]45c6cc(OC)ccc6N(C)[C@H]4[C@@H]2C[C@@H]1C3C5O. The molecule has 7 rings (SSSR count). The molecule has 132 valence electrons. The van der Waals surface area contributed by atoms with Crippen LogP contribution in [0, 0.1) is 11.8 Å². The smallest absolute Gasteiger partial charge is 0.119 e. The summed E-state index contributed by atoms with van der Waals surface area (Å²) in [6.45, 7) is 3.28. The molecule has 8 atom stereocenters. The summed E-state index contributed by atoms with van der Waals surface area (Å²) in [6, 6.07) is 7.95. The molecule has 0 amide bonds. The Morgan fingerprint density at radius 1 is 1.32 bits per heavy atom. The van der Waals surface area contributed by atoms with Gasteiger partial charge in [-0.25, -0.2) is 0 Å². The molecule has 5 heterocycles. The predicted octanol–water partition coefficient (Wildman–Crippen LogP) is 2.16. The van der Waals surface area contributed by atoms with Gasteiger partial charge in [0.1, 0.15) is 5.75 Å². The van der Waals surface area contributed by atoms with Crippen molar-refractivity contribution in [3.63, 3.8) is 0 Å². The van der Waals surface area contributed by atoms with E-state index < -0.39 is 0 Å². The summed E-state index contributed by atoms with van der Waals surface area (Å²) < 4.78 is 5.53. The van der Waals surface area contributed by atoms with Crippen LogP contribution < -0.4 is 9.64 Å². The molecule has 25 heavy (non-hydrogen) atoms. The van der Waals surface area contributed by atoms with Crippen LogP contribution in [-0.4, -0.2) is 54.9 Å². The van der Waals surface area contributed by atoms with Gasteiger partial charge in [0.25, 0.3) is 0 Å². The van der Waals surface area contributed by atoms with Crippen molar-refractivity contribution in [2.24, 2.45) is 11.8 Å². The van der Waals surface area contributed by atoms with Crippen molar-refractivity contribution >= 4 is 5.69 Å². The monoisotopic (exact) mass is 338 g/mol. The average Bonchev–Trinajstić information content (AvgIpc) is 3.03. The maximum Gasteiger partial charge on any atom is 0.119 e. The summed E-state index contributed by atoms with van der Waals surface area (Å²) in [4.78, 5) is 5.20. The molecule has 1 spiro atoms. The Morgan fingerprint density at radius 2 is 2.16 bits per heavy atom. The van der Waals surface area contributed by atoms with Crippen molar-refractivity contribution < 1.29 is 9.84 Å². The van der Waals surface area contributed by atoms with Crippen LogP contribution in [0.3, 0.4) is 0 Å². The summed E-state index contributed by atoms with van der Waals surface area (Å²) in [5.74, 6) is 1.88. The van der Waals surface area contributed by atoms with Gasteiger partial charge in [0, 0.05) is 42.7 Å². The molecule has 1 aromatic carbocycles. The van der Waals surface area contributed by atoms with Crippen LogP contribution in [0.5, 0.6) is 5.75 Å². The third-order valence-corrected chi connectivity index (χ3v) is 8.30. The van der Waals surface area contributed by atoms with E-state index in [4.69, 9.17) is 4.74 Å². The summed E-state index contributed by atoms with van der Waals surface area (Å²) in [7, 11) is 3.97. The lowest BCUT2D eigenvalue weighted by Crippen LogP contribution is -2.68. The highest BCUT2D eigenvalue weighted by atomic mass is 16.5. The van der Waals surface area contributed by atoms with Crippen LogP contribution in [0.25, 0.3) is 0 Å². The number of ether oxygens (including phenoxy) is 1. The number of likely N-dealkylation sites (N-methyl/N-ethyl adjacent to an activating group) is 1. The molecule has 6 aliphatic rings. The zero-order chi connectivity index (χ0) is 17.1. The molecule has 5 aliphatic heterocycles. The second kappa shape index (κ2) is 4.41. The summed E-state index contributed by atoms with van der Waals surface area (Å²) in [5, 5.41) is 11.7. The highest BCUT2D eigenvalue weighted by Gasteiger charge is 2.74. The van der Waals surface area contributed by atoms with Crippen molar-refractivity contribution in [2.45, 2.75) is 49.4 Å². The van der Waals surface area contributed by atoms with E-state index in [0.29, 0.717) is 30.0 Å². The maximum absolute atomic E-state index is 11.7. The molecule has 4 saturated heterocycles. The lowest BCUT2D eigenvalue weighted by molar-refractivity contribution is -0.0345. The van der Waals surface area contributed by atoms with Crippen LogP contribution in [0.1, 0.15) is 25.3 Å². The van der Waals surface area contributed by atoms with Gasteiger partial charge in [-0.1, -0.05) is 11.6 Å². The summed E-state index contributed by atoms with van der Waals surface area (Å²) >= 11 is 0. The van der Waals surface area contributed by atoms with E-state index in [9.17, 15) is 5.11 Å². The molecule has 1 aliphatic carbocycles. The van der Waals surface area contributed by atoms with E-state index >= 15 is 0 Å². The second-order valence-electron chi connectivity index (χ2n) is 8.72. The first-order valence-corrected chi connectivity index (χ1v) is 9.62. The van der Waals surface area contributed by atoms with Gasteiger partial charge < -0.3 is 14.7 Å². The number of aliphatic hydroxyl groups excluding tert-OH is 1. The Bertz CT molecular complexity index is 805. The Hall–Kier alpha value is -1.52.